The van der Waals surface area contributed by atoms with Crippen molar-refractivity contribution in [1.29, 1.82) is 0 Å². The fourth-order valence-corrected chi connectivity index (χ4v) is 2.14. The third kappa shape index (κ3) is 6.01. The third-order valence-electron chi connectivity index (χ3n) is 3.41. The molecule has 0 saturated heterocycles. The van der Waals surface area contributed by atoms with Crippen LogP contribution in [0.15, 0.2) is 48.5 Å². The fourth-order valence-electron chi connectivity index (χ4n) is 2.14. The van der Waals surface area contributed by atoms with Gasteiger partial charge in [-0.1, -0.05) is 18.2 Å². The van der Waals surface area contributed by atoms with Gasteiger partial charge in [0.15, 0.2) is 6.61 Å². The van der Waals surface area contributed by atoms with Gasteiger partial charge in [-0.3, -0.25) is 9.59 Å². The number of nitrogens with one attached hydrogen (secondary N) is 2. The van der Waals surface area contributed by atoms with Gasteiger partial charge in [-0.15, -0.1) is 0 Å². The van der Waals surface area contributed by atoms with Gasteiger partial charge in [-0.2, -0.15) is 13.2 Å². The number of nitrogens with two attached hydrogens (primary N) is 1. The summed E-state index contributed by atoms with van der Waals surface area (Å²) in [6.45, 7) is -1.05. The van der Waals surface area contributed by atoms with Crippen molar-refractivity contribution in [3.8, 4) is 0 Å². The normalized spacial score (nSPS) is 10.8. The number of alkyl halides is 3. The van der Waals surface area contributed by atoms with Gasteiger partial charge in [0.05, 0.1) is 23.4 Å². The lowest BCUT2D eigenvalue weighted by Gasteiger charge is -2.13. The number of rotatable bonds is 7. The molecule has 0 spiro atoms. The highest BCUT2D eigenvalue weighted by molar-refractivity contribution is 5.97. The van der Waals surface area contributed by atoms with Crippen LogP contribution in [0.5, 0.6) is 0 Å². The van der Waals surface area contributed by atoms with Crippen LogP contribution in [0.1, 0.15) is 15.9 Å². The smallest absolute Gasteiger partial charge is 0.416 e. The minimum Gasteiger partial charge on any atom is -0.452 e. The molecule has 4 N–H and O–H groups in total. The van der Waals surface area contributed by atoms with Crippen LogP contribution in [0.2, 0.25) is 0 Å². The Hall–Kier alpha value is -3.56. The highest BCUT2D eigenvalue weighted by Crippen LogP contribution is 2.31. The van der Waals surface area contributed by atoms with Crippen molar-refractivity contribution in [1.82, 2.24) is 5.32 Å². The van der Waals surface area contributed by atoms with Gasteiger partial charge in [-0.05, 0) is 30.3 Å². The molecule has 2 amide bonds. The number of hydrogen-bond donors (Lipinski definition) is 3. The number of hydrogen-bond acceptors (Lipinski definition) is 5. The number of carbonyl (C=O) groups excluding carboxylic acids is 3. The average molecular weight is 395 g/mol. The Morgan fingerprint density at radius 1 is 1.04 bits per heavy atom. The summed E-state index contributed by atoms with van der Waals surface area (Å²) < 4.78 is 43.4. The van der Waals surface area contributed by atoms with E-state index in [4.69, 9.17) is 10.5 Å². The topological polar surface area (TPSA) is 111 Å². The Kier molecular flexibility index (Phi) is 6.59. The zero-order chi connectivity index (χ0) is 20.7. The second-order valence-electron chi connectivity index (χ2n) is 5.57. The van der Waals surface area contributed by atoms with Crippen molar-refractivity contribution in [2.45, 2.75) is 6.18 Å². The molecule has 0 aliphatic heterocycles. The largest absolute Gasteiger partial charge is 0.452 e. The van der Waals surface area contributed by atoms with E-state index in [1.807, 2.05) is 0 Å². The number of carbonyl (C=O) groups is 3. The first-order valence-electron chi connectivity index (χ1n) is 7.92. The Morgan fingerprint density at radius 3 is 2.43 bits per heavy atom. The van der Waals surface area contributed by atoms with Crippen molar-refractivity contribution in [3.63, 3.8) is 0 Å². The predicted octanol–water partition coefficient (Wildman–Crippen LogP) is 2.21. The number of ether oxygens (including phenoxy) is 1. The van der Waals surface area contributed by atoms with Crippen molar-refractivity contribution < 1.29 is 32.3 Å². The van der Waals surface area contributed by atoms with Crippen molar-refractivity contribution in [2.24, 2.45) is 5.73 Å². The maximum absolute atomic E-state index is 12.8. The minimum atomic E-state index is -4.51. The van der Waals surface area contributed by atoms with E-state index in [0.717, 1.165) is 12.1 Å². The van der Waals surface area contributed by atoms with Gasteiger partial charge in [0.2, 0.25) is 5.91 Å². The van der Waals surface area contributed by atoms with Gasteiger partial charge >= 0.3 is 12.1 Å². The van der Waals surface area contributed by atoms with E-state index in [2.05, 4.69) is 10.6 Å². The molecule has 0 saturated carbocycles. The summed E-state index contributed by atoms with van der Waals surface area (Å²) >= 11 is 0. The molecular formula is C18H16F3N3O4. The molecule has 0 aliphatic carbocycles. The first kappa shape index (κ1) is 20.7. The Labute approximate surface area is 157 Å². The molecule has 28 heavy (non-hydrogen) atoms. The van der Waals surface area contributed by atoms with Crippen LogP contribution in [0, 0.1) is 0 Å². The van der Waals surface area contributed by atoms with Crippen molar-refractivity contribution >= 4 is 29.2 Å². The SMILES string of the molecule is NC(=O)CNC(=O)COC(=O)c1ccccc1Nc1cccc(C(F)(F)F)c1. The highest BCUT2D eigenvalue weighted by Gasteiger charge is 2.30. The Bertz CT molecular complexity index is 884. The van der Waals surface area contributed by atoms with Gasteiger partial charge in [-0.25, -0.2) is 4.79 Å². The monoisotopic (exact) mass is 395 g/mol. The van der Waals surface area contributed by atoms with Crippen LogP contribution >= 0.6 is 0 Å². The number of anilines is 2. The quantitative estimate of drug-likeness (QED) is 0.623. The second-order valence-corrected chi connectivity index (χ2v) is 5.57. The van der Waals surface area contributed by atoms with Gasteiger partial charge in [0.1, 0.15) is 0 Å². The highest BCUT2D eigenvalue weighted by atomic mass is 19.4. The van der Waals surface area contributed by atoms with Crippen molar-refractivity contribution in [3.05, 3.63) is 59.7 Å². The third-order valence-corrected chi connectivity index (χ3v) is 3.41. The van der Waals surface area contributed by atoms with Crippen LogP contribution in [0.3, 0.4) is 0 Å². The summed E-state index contributed by atoms with van der Waals surface area (Å²) in [4.78, 5) is 34.3. The summed E-state index contributed by atoms with van der Waals surface area (Å²) in [5, 5.41) is 4.88. The van der Waals surface area contributed by atoms with E-state index in [9.17, 15) is 27.6 Å². The maximum Gasteiger partial charge on any atom is 0.416 e. The lowest BCUT2D eigenvalue weighted by Crippen LogP contribution is -2.36. The molecule has 0 radical (unpaired) electrons. The molecule has 2 rings (SSSR count). The zero-order valence-corrected chi connectivity index (χ0v) is 14.4. The minimum absolute atomic E-state index is 0.0163. The lowest BCUT2D eigenvalue weighted by atomic mass is 10.1. The van der Waals surface area contributed by atoms with Gasteiger partial charge < -0.3 is 21.1 Å². The standard InChI is InChI=1S/C18H16F3N3O4/c19-18(20,21)11-4-3-5-12(8-11)24-14-7-2-1-6-13(14)17(27)28-10-16(26)23-9-15(22)25/h1-8,24H,9-10H2,(H2,22,25)(H,23,26). The molecule has 0 bridgehead atoms. The first-order valence-corrected chi connectivity index (χ1v) is 7.92. The number of benzene rings is 2. The summed E-state index contributed by atoms with van der Waals surface area (Å²) in [6.07, 6.45) is -4.51. The van der Waals surface area contributed by atoms with Crippen molar-refractivity contribution in [2.75, 3.05) is 18.5 Å². The van der Waals surface area contributed by atoms with Crippen LogP contribution < -0.4 is 16.4 Å². The van der Waals surface area contributed by atoms with E-state index >= 15 is 0 Å². The molecule has 2 aromatic carbocycles. The molecular weight excluding hydrogens is 379 g/mol. The summed E-state index contributed by atoms with van der Waals surface area (Å²) in [6, 6.07) is 10.4. The average Bonchev–Trinajstić information content (AvgIpc) is 2.64. The summed E-state index contributed by atoms with van der Waals surface area (Å²) in [7, 11) is 0. The van der Waals surface area contributed by atoms with E-state index in [-0.39, 0.29) is 16.9 Å². The molecule has 2 aromatic rings. The Morgan fingerprint density at radius 2 is 1.75 bits per heavy atom. The molecule has 0 atom stereocenters. The number of halogens is 3. The molecule has 0 aliphatic rings. The Balaban J connectivity index is 2.09. The molecule has 7 nitrogen and oxygen atoms in total. The second kappa shape index (κ2) is 8.89. The van der Waals surface area contributed by atoms with Crippen LogP contribution in [0.4, 0.5) is 24.5 Å². The first-order chi connectivity index (χ1) is 13.2. The molecule has 0 unspecified atom stereocenters. The van der Waals surface area contributed by atoms with Gasteiger partial charge in [0.25, 0.3) is 5.91 Å². The van der Waals surface area contributed by atoms with E-state index in [1.54, 1.807) is 6.07 Å². The molecule has 148 valence electrons. The van der Waals surface area contributed by atoms with Gasteiger partial charge in [0, 0.05) is 5.69 Å². The van der Waals surface area contributed by atoms with E-state index in [0.29, 0.717) is 0 Å². The fraction of sp³-hybridized carbons (Fsp3) is 0.167. The number of esters is 1. The number of primary amides is 1. The number of amides is 2. The lowest BCUT2D eigenvalue weighted by molar-refractivity contribution is -0.137. The maximum atomic E-state index is 12.8. The van der Waals surface area contributed by atoms with Crippen LogP contribution in [-0.2, 0) is 20.5 Å². The number of para-hydroxylation sites is 1. The molecule has 0 fully saturated rings. The molecule has 0 aromatic heterocycles. The van der Waals surface area contributed by atoms with E-state index < -0.39 is 42.7 Å². The van der Waals surface area contributed by atoms with E-state index in [1.165, 1.54) is 30.3 Å². The molecule has 0 heterocycles. The summed E-state index contributed by atoms with van der Waals surface area (Å²) in [5.74, 6) is -2.35. The van der Waals surface area contributed by atoms with Crippen LogP contribution in [0.25, 0.3) is 0 Å². The van der Waals surface area contributed by atoms with Crippen LogP contribution in [-0.4, -0.2) is 30.9 Å². The zero-order valence-electron chi connectivity index (χ0n) is 14.4. The predicted molar refractivity (Wildman–Crippen MR) is 93.7 cm³/mol. The molecule has 10 heteroatoms. The summed E-state index contributed by atoms with van der Waals surface area (Å²) in [5.41, 5.74) is 4.37.